The van der Waals surface area contributed by atoms with Gasteiger partial charge in [0.1, 0.15) is 5.75 Å². The van der Waals surface area contributed by atoms with Gasteiger partial charge in [-0.15, -0.1) is 0 Å². The van der Waals surface area contributed by atoms with E-state index in [1.54, 1.807) is 0 Å². The SMILES string of the molecule is C=Cc1ccccc1OCCC.CCC(C)NC(C)CC. The second kappa shape index (κ2) is 12.5. The molecule has 2 heteroatoms. The minimum Gasteiger partial charge on any atom is -0.493 e. The number of hydrogen-bond donors (Lipinski definition) is 1. The fraction of sp³-hybridized carbons (Fsp3) is 0.579. The largest absolute Gasteiger partial charge is 0.493 e. The van der Waals surface area contributed by atoms with E-state index < -0.39 is 0 Å². The summed E-state index contributed by atoms with van der Waals surface area (Å²) in [6.45, 7) is 15.5. The number of para-hydroxylation sites is 1. The molecule has 0 aliphatic rings. The molecule has 0 bridgehead atoms. The molecule has 0 fully saturated rings. The van der Waals surface area contributed by atoms with Crippen molar-refractivity contribution in [1.82, 2.24) is 5.32 Å². The summed E-state index contributed by atoms with van der Waals surface area (Å²) in [5.41, 5.74) is 1.06. The molecule has 0 radical (unpaired) electrons. The molecule has 2 unspecified atom stereocenters. The summed E-state index contributed by atoms with van der Waals surface area (Å²) in [7, 11) is 0. The van der Waals surface area contributed by atoms with Crippen molar-refractivity contribution >= 4 is 6.08 Å². The minimum atomic E-state index is 0.681. The van der Waals surface area contributed by atoms with Gasteiger partial charge >= 0.3 is 0 Å². The van der Waals surface area contributed by atoms with Crippen molar-refractivity contribution in [2.75, 3.05) is 6.61 Å². The molecule has 0 heterocycles. The van der Waals surface area contributed by atoms with Gasteiger partial charge in [-0.25, -0.2) is 0 Å². The van der Waals surface area contributed by atoms with Gasteiger partial charge in [0.2, 0.25) is 0 Å². The minimum absolute atomic E-state index is 0.681. The molecule has 1 rings (SSSR count). The van der Waals surface area contributed by atoms with E-state index in [9.17, 15) is 0 Å². The van der Waals surface area contributed by atoms with Gasteiger partial charge in [0.25, 0.3) is 0 Å². The topological polar surface area (TPSA) is 21.3 Å². The Morgan fingerprint density at radius 2 is 1.67 bits per heavy atom. The number of ether oxygens (including phenoxy) is 1. The average Bonchev–Trinajstić information content (AvgIpc) is 2.53. The first kappa shape index (κ1) is 19.7. The van der Waals surface area contributed by atoms with Crippen LogP contribution in [0.15, 0.2) is 30.8 Å². The molecular formula is C19H33NO. The molecule has 0 saturated carbocycles. The van der Waals surface area contributed by atoms with Crippen molar-refractivity contribution in [2.24, 2.45) is 0 Å². The maximum atomic E-state index is 5.51. The molecule has 0 aliphatic carbocycles. The first-order valence-corrected chi connectivity index (χ1v) is 8.19. The standard InChI is InChI=1S/C11H14O.C8H19N/c1-3-9-12-11-8-6-5-7-10(11)4-2;1-5-7(3)9-8(4)6-2/h4-8H,2-3,9H2,1H3;7-9H,5-6H2,1-4H3. The van der Waals surface area contributed by atoms with E-state index in [4.69, 9.17) is 4.74 Å². The second-order valence-corrected chi connectivity index (χ2v) is 5.38. The maximum absolute atomic E-state index is 5.51. The molecule has 1 aromatic carbocycles. The normalized spacial score (nSPS) is 12.8. The van der Waals surface area contributed by atoms with Crippen LogP contribution in [0.3, 0.4) is 0 Å². The van der Waals surface area contributed by atoms with Gasteiger partial charge in [0.05, 0.1) is 6.61 Å². The maximum Gasteiger partial charge on any atom is 0.126 e. The van der Waals surface area contributed by atoms with Crippen LogP contribution in [0.4, 0.5) is 0 Å². The number of hydrogen-bond acceptors (Lipinski definition) is 2. The highest BCUT2D eigenvalue weighted by Gasteiger charge is 2.01. The Labute approximate surface area is 131 Å². The summed E-state index contributed by atoms with van der Waals surface area (Å²) in [6.07, 6.45) is 5.30. The predicted molar refractivity (Wildman–Crippen MR) is 95.0 cm³/mol. The highest BCUT2D eigenvalue weighted by atomic mass is 16.5. The molecule has 0 saturated heterocycles. The fourth-order valence-electron chi connectivity index (χ4n) is 1.71. The van der Waals surface area contributed by atoms with Crippen molar-refractivity contribution in [3.63, 3.8) is 0 Å². The summed E-state index contributed by atoms with van der Waals surface area (Å²) < 4.78 is 5.51. The summed E-state index contributed by atoms with van der Waals surface area (Å²) in [6, 6.07) is 9.28. The molecule has 2 atom stereocenters. The smallest absolute Gasteiger partial charge is 0.126 e. The van der Waals surface area contributed by atoms with E-state index in [1.165, 1.54) is 12.8 Å². The first-order valence-electron chi connectivity index (χ1n) is 8.19. The third kappa shape index (κ3) is 9.30. The van der Waals surface area contributed by atoms with Crippen LogP contribution in [0.5, 0.6) is 5.75 Å². The van der Waals surface area contributed by atoms with Crippen LogP contribution in [0.2, 0.25) is 0 Å². The number of benzene rings is 1. The Bertz CT molecular complexity index is 368. The van der Waals surface area contributed by atoms with Crippen LogP contribution in [-0.2, 0) is 0 Å². The summed E-state index contributed by atoms with van der Waals surface area (Å²) >= 11 is 0. The van der Waals surface area contributed by atoms with E-state index in [2.05, 4.69) is 46.5 Å². The first-order chi connectivity index (χ1) is 10.1. The number of rotatable bonds is 8. The van der Waals surface area contributed by atoms with Crippen LogP contribution in [0.25, 0.3) is 6.08 Å². The molecule has 1 N–H and O–H groups in total. The Balaban J connectivity index is 0.000000400. The van der Waals surface area contributed by atoms with Crippen LogP contribution in [-0.4, -0.2) is 18.7 Å². The molecular weight excluding hydrogens is 258 g/mol. The second-order valence-electron chi connectivity index (χ2n) is 5.38. The van der Waals surface area contributed by atoms with Gasteiger partial charge in [0.15, 0.2) is 0 Å². The van der Waals surface area contributed by atoms with Gasteiger partial charge in [-0.2, -0.15) is 0 Å². The van der Waals surface area contributed by atoms with E-state index in [1.807, 2.05) is 30.3 Å². The molecule has 120 valence electrons. The lowest BCUT2D eigenvalue weighted by Gasteiger charge is -2.16. The van der Waals surface area contributed by atoms with Crippen LogP contribution >= 0.6 is 0 Å². The van der Waals surface area contributed by atoms with Crippen molar-refractivity contribution in [2.45, 2.75) is 66.0 Å². The Hall–Kier alpha value is -1.28. The lowest BCUT2D eigenvalue weighted by Crippen LogP contribution is -2.33. The Morgan fingerprint density at radius 3 is 2.14 bits per heavy atom. The summed E-state index contributed by atoms with van der Waals surface area (Å²) in [5.74, 6) is 0.925. The van der Waals surface area contributed by atoms with Crippen molar-refractivity contribution in [3.8, 4) is 5.75 Å². The van der Waals surface area contributed by atoms with E-state index in [0.717, 1.165) is 24.3 Å². The van der Waals surface area contributed by atoms with Gasteiger partial charge in [-0.3, -0.25) is 0 Å². The molecule has 2 nitrogen and oxygen atoms in total. The predicted octanol–water partition coefficient (Wildman–Crippen LogP) is 5.29. The van der Waals surface area contributed by atoms with Crippen LogP contribution in [0.1, 0.15) is 59.4 Å². The fourth-order valence-corrected chi connectivity index (χ4v) is 1.71. The van der Waals surface area contributed by atoms with Gasteiger partial charge in [-0.1, -0.05) is 51.6 Å². The zero-order valence-electron chi connectivity index (χ0n) is 14.5. The lowest BCUT2D eigenvalue weighted by atomic mass is 10.2. The molecule has 21 heavy (non-hydrogen) atoms. The Kier molecular flexibility index (Phi) is 11.7. The van der Waals surface area contributed by atoms with E-state index in [-0.39, 0.29) is 0 Å². The monoisotopic (exact) mass is 291 g/mol. The highest BCUT2D eigenvalue weighted by Crippen LogP contribution is 2.18. The zero-order valence-corrected chi connectivity index (χ0v) is 14.5. The third-order valence-electron chi connectivity index (χ3n) is 3.39. The summed E-state index contributed by atoms with van der Waals surface area (Å²) in [4.78, 5) is 0. The Morgan fingerprint density at radius 1 is 1.10 bits per heavy atom. The molecule has 1 aromatic rings. The lowest BCUT2D eigenvalue weighted by molar-refractivity contribution is 0.317. The molecule has 0 aromatic heterocycles. The van der Waals surface area contributed by atoms with Crippen molar-refractivity contribution in [1.29, 1.82) is 0 Å². The molecule has 0 aliphatic heterocycles. The highest BCUT2D eigenvalue weighted by molar-refractivity contribution is 5.55. The van der Waals surface area contributed by atoms with E-state index >= 15 is 0 Å². The van der Waals surface area contributed by atoms with Gasteiger partial charge < -0.3 is 10.1 Å². The molecule has 0 amide bonds. The van der Waals surface area contributed by atoms with Crippen molar-refractivity contribution < 1.29 is 4.74 Å². The van der Waals surface area contributed by atoms with Crippen molar-refractivity contribution in [3.05, 3.63) is 36.4 Å². The number of nitrogens with one attached hydrogen (secondary N) is 1. The molecule has 0 spiro atoms. The third-order valence-corrected chi connectivity index (χ3v) is 3.39. The zero-order chi connectivity index (χ0) is 16.1. The van der Waals surface area contributed by atoms with Gasteiger partial charge in [-0.05, 0) is 39.2 Å². The summed E-state index contributed by atoms with van der Waals surface area (Å²) in [5, 5.41) is 3.48. The average molecular weight is 291 g/mol. The quantitative estimate of drug-likeness (QED) is 0.702. The van der Waals surface area contributed by atoms with Crippen LogP contribution < -0.4 is 10.1 Å². The van der Waals surface area contributed by atoms with Crippen LogP contribution in [0, 0.1) is 0 Å². The van der Waals surface area contributed by atoms with Gasteiger partial charge in [0, 0.05) is 17.6 Å². The van der Waals surface area contributed by atoms with E-state index in [0.29, 0.717) is 12.1 Å².